The van der Waals surface area contributed by atoms with Gasteiger partial charge in [0.15, 0.2) is 0 Å². The molecule has 1 aromatic heterocycles. The number of hydrogen-bond donors (Lipinski definition) is 2. The molecule has 1 heterocycles. The molecule has 0 spiro atoms. The number of halogens is 1. The van der Waals surface area contributed by atoms with Gasteiger partial charge < -0.3 is 4.98 Å². The molecule has 0 amide bonds. The lowest BCUT2D eigenvalue weighted by atomic mass is 10.1. The average Bonchev–Trinajstić information content (AvgIpc) is 2.63. The maximum absolute atomic E-state index is 12.6. The summed E-state index contributed by atoms with van der Waals surface area (Å²) in [6, 6.07) is 18.1. The number of sulfonamides is 1. The maximum atomic E-state index is 12.6. The van der Waals surface area contributed by atoms with Crippen molar-refractivity contribution in [2.45, 2.75) is 4.90 Å². The second kappa shape index (κ2) is 6.16. The zero-order valence-electron chi connectivity index (χ0n) is 13.4. The third-order valence-electron chi connectivity index (χ3n) is 4.11. The van der Waals surface area contributed by atoms with Crippen LogP contribution in [0.25, 0.3) is 21.7 Å². The Bertz CT molecular complexity index is 1300. The summed E-state index contributed by atoms with van der Waals surface area (Å²) in [7, 11) is -3.74. The molecule has 4 aromatic rings. The van der Waals surface area contributed by atoms with E-state index in [1.54, 1.807) is 30.3 Å². The molecule has 3 aromatic carbocycles. The van der Waals surface area contributed by atoms with Crippen molar-refractivity contribution in [2.75, 3.05) is 4.72 Å². The van der Waals surface area contributed by atoms with Crippen molar-refractivity contribution in [1.82, 2.24) is 4.98 Å². The molecule has 2 N–H and O–H groups in total. The molecule has 0 radical (unpaired) electrons. The molecular weight excluding hydrogens is 372 g/mol. The van der Waals surface area contributed by atoms with E-state index < -0.39 is 10.0 Å². The van der Waals surface area contributed by atoms with Crippen molar-refractivity contribution in [3.63, 3.8) is 0 Å². The number of pyridine rings is 1. The molecule has 7 heteroatoms. The minimum absolute atomic E-state index is 0.119. The minimum atomic E-state index is -3.74. The molecule has 4 rings (SSSR count). The number of benzene rings is 3. The van der Waals surface area contributed by atoms with Crippen LogP contribution in [-0.2, 0) is 10.0 Å². The highest BCUT2D eigenvalue weighted by Crippen LogP contribution is 2.26. The highest BCUT2D eigenvalue weighted by Gasteiger charge is 2.15. The molecular formula is C19H13ClN2O3S. The van der Waals surface area contributed by atoms with Crippen LogP contribution in [0.4, 0.5) is 5.69 Å². The molecule has 0 fully saturated rings. The summed E-state index contributed by atoms with van der Waals surface area (Å²) in [6.45, 7) is 0. The topological polar surface area (TPSA) is 79.0 Å². The minimum Gasteiger partial charge on any atom is -0.321 e. The lowest BCUT2D eigenvalue weighted by Crippen LogP contribution is -2.13. The number of H-pyrrole nitrogens is 1. The van der Waals surface area contributed by atoms with E-state index in [4.69, 9.17) is 11.6 Å². The second-order valence-electron chi connectivity index (χ2n) is 5.82. The maximum Gasteiger partial charge on any atom is 0.261 e. The molecule has 26 heavy (non-hydrogen) atoms. The Kier molecular flexibility index (Phi) is 3.94. The second-order valence-corrected chi connectivity index (χ2v) is 7.94. The van der Waals surface area contributed by atoms with E-state index in [9.17, 15) is 13.2 Å². The summed E-state index contributed by atoms with van der Waals surface area (Å²) in [4.78, 5) is 15.1. The number of hydrogen-bond acceptors (Lipinski definition) is 3. The van der Waals surface area contributed by atoms with Gasteiger partial charge in [0, 0.05) is 27.0 Å². The molecule has 0 aliphatic heterocycles. The fraction of sp³-hybridized carbons (Fsp3) is 0. The number of fused-ring (bicyclic) bond motifs is 3. The van der Waals surface area contributed by atoms with Gasteiger partial charge in [-0.2, -0.15) is 0 Å². The van der Waals surface area contributed by atoms with E-state index in [2.05, 4.69) is 9.71 Å². The van der Waals surface area contributed by atoms with E-state index in [0.29, 0.717) is 21.6 Å². The third-order valence-corrected chi connectivity index (χ3v) is 5.75. The lowest BCUT2D eigenvalue weighted by molar-refractivity contribution is 0.601. The quantitative estimate of drug-likeness (QED) is 0.521. The average molecular weight is 385 g/mol. The van der Waals surface area contributed by atoms with Gasteiger partial charge in [-0.15, -0.1) is 0 Å². The van der Waals surface area contributed by atoms with Gasteiger partial charge >= 0.3 is 0 Å². The zero-order chi connectivity index (χ0) is 18.3. The van der Waals surface area contributed by atoms with Gasteiger partial charge in [0.25, 0.3) is 15.6 Å². The van der Waals surface area contributed by atoms with Crippen LogP contribution < -0.4 is 10.3 Å². The van der Waals surface area contributed by atoms with Crippen molar-refractivity contribution in [3.05, 3.63) is 82.1 Å². The van der Waals surface area contributed by atoms with E-state index in [1.807, 2.05) is 12.1 Å². The van der Waals surface area contributed by atoms with Gasteiger partial charge in [-0.3, -0.25) is 9.52 Å². The molecule has 130 valence electrons. The molecule has 0 atom stereocenters. The Hall–Kier alpha value is -2.83. The molecule has 0 aliphatic rings. The summed E-state index contributed by atoms with van der Waals surface area (Å²) in [5, 5.41) is 2.54. The fourth-order valence-electron chi connectivity index (χ4n) is 2.87. The smallest absolute Gasteiger partial charge is 0.261 e. The molecule has 0 aliphatic carbocycles. The van der Waals surface area contributed by atoms with Crippen molar-refractivity contribution in [3.8, 4) is 0 Å². The van der Waals surface area contributed by atoms with Crippen molar-refractivity contribution >= 4 is 49.0 Å². The highest BCUT2D eigenvalue weighted by atomic mass is 35.5. The summed E-state index contributed by atoms with van der Waals surface area (Å²) < 4.78 is 27.7. The Balaban J connectivity index is 1.83. The van der Waals surface area contributed by atoms with E-state index >= 15 is 0 Å². The lowest BCUT2D eigenvalue weighted by Gasteiger charge is -2.10. The summed E-state index contributed by atoms with van der Waals surface area (Å²) in [5.74, 6) is 0. The van der Waals surface area contributed by atoms with Gasteiger partial charge in [0.2, 0.25) is 0 Å². The van der Waals surface area contributed by atoms with Crippen LogP contribution in [0.15, 0.2) is 76.4 Å². The molecule has 5 nitrogen and oxygen atoms in total. The first-order valence-electron chi connectivity index (χ1n) is 7.77. The fourth-order valence-corrected chi connectivity index (χ4v) is 4.05. The Morgan fingerprint density at radius 3 is 2.27 bits per heavy atom. The van der Waals surface area contributed by atoms with Gasteiger partial charge in [-0.1, -0.05) is 29.8 Å². The van der Waals surface area contributed by atoms with Crippen LogP contribution in [0.3, 0.4) is 0 Å². The van der Waals surface area contributed by atoms with Crippen LogP contribution in [0.2, 0.25) is 5.02 Å². The molecule has 0 saturated carbocycles. The van der Waals surface area contributed by atoms with Gasteiger partial charge in [-0.25, -0.2) is 8.42 Å². The predicted octanol–water partition coefficient (Wildman–Crippen LogP) is 4.14. The number of rotatable bonds is 3. The molecule has 0 unspecified atom stereocenters. The SMILES string of the molecule is O=c1[nH]c2ccc(NS(=O)(=O)c3ccc(Cl)cc3)cc2c2ccccc12. The zero-order valence-corrected chi connectivity index (χ0v) is 14.9. The van der Waals surface area contributed by atoms with Crippen LogP contribution >= 0.6 is 11.6 Å². The summed E-state index contributed by atoms with van der Waals surface area (Å²) in [6.07, 6.45) is 0. The largest absolute Gasteiger partial charge is 0.321 e. The van der Waals surface area contributed by atoms with E-state index in [0.717, 1.165) is 10.8 Å². The molecule has 0 bridgehead atoms. The third kappa shape index (κ3) is 2.94. The van der Waals surface area contributed by atoms with Gasteiger partial charge in [0.1, 0.15) is 0 Å². The molecule has 0 saturated heterocycles. The summed E-state index contributed by atoms with van der Waals surface area (Å²) >= 11 is 5.81. The number of anilines is 1. The highest BCUT2D eigenvalue weighted by molar-refractivity contribution is 7.92. The Labute approximate surface area is 154 Å². The van der Waals surface area contributed by atoms with Crippen molar-refractivity contribution in [2.24, 2.45) is 0 Å². The summed E-state index contributed by atoms with van der Waals surface area (Å²) in [5.41, 5.74) is 0.871. The van der Waals surface area contributed by atoms with E-state index in [-0.39, 0.29) is 10.5 Å². The van der Waals surface area contributed by atoms with Gasteiger partial charge in [-0.05, 0) is 53.9 Å². The van der Waals surface area contributed by atoms with E-state index in [1.165, 1.54) is 24.3 Å². The van der Waals surface area contributed by atoms with Crippen molar-refractivity contribution in [1.29, 1.82) is 0 Å². The van der Waals surface area contributed by atoms with Crippen LogP contribution in [0, 0.1) is 0 Å². The van der Waals surface area contributed by atoms with Crippen LogP contribution in [0.1, 0.15) is 0 Å². The Morgan fingerprint density at radius 2 is 1.54 bits per heavy atom. The Morgan fingerprint density at radius 1 is 0.846 bits per heavy atom. The number of nitrogens with one attached hydrogen (secondary N) is 2. The monoisotopic (exact) mass is 384 g/mol. The van der Waals surface area contributed by atoms with Crippen LogP contribution in [-0.4, -0.2) is 13.4 Å². The number of aromatic nitrogens is 1. The number of aromatic amines is 1. The van der Waals surface area contributed by atoms with Gasteiger partial charge in [0.05, 0.1) is 4.90 Å². The van der Waals surface area contributed by atoms with Crippen LogP contribution in [0.5, 0.6) is 0 Å². The first kappa shape index (κ1) is 16.6. The first-order chi connectivity index (χ1) is 12.4. The normalized spacial score (nSPS) is 11.7. The van der Waals surface area contributed by atoms with Crippen molar-refractivity contribution < 1.29 is 8.42 Å². The first-order valence-corrected chi connectivity index (χ1v) is 9.63. The predicted molar refractivity (Wildman–Crippen MR) is 104 cm³/mol. The standard InChI is InChI=1S/C19H13ClN2O3S/c20-12-5-8-14(9-6-12)26(24,25)22-13-7-10-18-17(11-13)15-3-1-2-4-16(15)19(23)21-18/h1-11,22H,(H,21,23).